The number of rotatable bonds is 3. The van der Waals surface area contributed by atoms with E-state index in [4.69, 9.17) is 4.74 Å². The highest BCUT2D eigenvalue weighted by Gasteiger charge is 2.02. The van der Waals surface area contributed by atoms with Gasteiger partial charge in [-0.05, 0) is 17.7 Å². The van der Waals surface area contributed by atoms with E-state index in [9.17, 15) is 9.70 Å². The van der Waals surface area contributed by atoms with Gasteiger partial charge in [0.25, 0.3) is 5.91 Å². The summed E-state index contributed by atoms with van der Waals surface area (Å²) in [5.41, 5.74) is 0.755. The van der Waals surface area contributed by atoms with Crippen LogP contribution in [0.3, 0.4) is 0 Å². The fraction of sp³-hybridized carbons (Fsp3) is 0.222. The number of nitrogens with zero attached hydrogens (tertiary/aromatic N) is 1. The Morgan fingerprint density at radius 3 is 2.46 bits per heavy atom. The predicted molar refractivity (Wildman–Crippen MR) is 47.5 cm³/mol. The third-order valence-corrected chi connectivity index (χ3v) is 1.62. The molecule has 0 N–H and O–H groups in total. The molecule has 1 aromatic rings. The zero-order valence-electron chi connectivity index (χ0n) is 7.19. The maximum absolute atomic E-state index is 10.6. The molecule has 0 unspecified atom stereocenters. The predicted octanol–water partition coefficient (Wildman–Crippen LogP) is 1.53. The molecule has 0 bridgehead atoms. The van der Waals surface area contributed by atoms with Gasteiger partial charge in [0.05, 0.1) is 13.5 Å². The fourth-order valence-corrected chi connectivity index (χ4v) is 0.950. The maximum atomic E-state index is 10.6. The molecular weight excluding hydrogens is 170 g/mol. The third-order valence-electron chi connectivity index (χ3n) is 1.62. The van der Waals surface area contributed by atoms with Crippen molar-refractivity contribution in [1.29, 1.82) is 0 Å². The van der Waals surface area contributed by atoms with E-state index in [-0.39, 0.29) is 6.42 Å². The van der Waals surface area contributed by atoms with Gasteiger partial charge in [0.1, 0.15) is 5.75 Å². The standard InChI is InChI=1S/C9H9NO3/c1-13-8-4-2-7(3-5-8)6-9(11)10-12/h2-5H,6H2,1H3. The average molecular weight is 179 g/mol. The number of carbonyl (C=O) groups is 1. The molecule has 0 aliphatic rings. The lowest BCUT2D eigenvalue weighted by Gasteiger charge is -1.99. The van der Waals surface area contributed by atoms with E-state index < -0.39 is 5.91 Å². The van der Waals surface area contributed by atoms with Crippen LogP contribution in [0.4, 0.5) is 0 Å². The van der Waals surface area contributed by atoms with E-state index in [1.165, 1.54) is 0 Å². The number of methoxy groups -OCH3 is 1. The zero-order valence-corrected chi connectivity index (χ0v) is 7.19. The number of ether oxygens (including phenoxy) is 1. The lowest BCUT2D eigenvalue weighted by Crippen LogP contribution is -1.97. The van der Waals surface area contributed by atoms with Crippen molar-refractivity contribution in [2.24, 2.45) is 5.18 Å². The Balaban J connectivity index is 2.69. The molecule has 0 aromatic heterocycles. The first-order chi connectivity index (χ1) is 6.26. The van der Waals surface area contributed by atoms with E-state index in [0.717, 1.165) is 11.3 Å². The van der Waals surface area contributed by atoms with Crippen molar-refractivity contribution in [2.75, 3.05) is 7.11 Å². The van der Waals surface area contributed by atoms with Gasteiger partial charge >= 0.3 is 0 Å². The largest absolute Gasteiger partial charge is 0.497 e. The number of nitroso groups, excluding NO2 is 1. The topological polar surface area (TPSA) is 55.7 Å². The van der Waals surface area contributed by atoms with E-state index >= 15 is 0 Å². The van der Waals surface area contributed by atoms with Gasteiger partial charge in [0.2, 0.25) is 0 Å². The van der Waals surface area contributed by atoms with E-state index in [0.29, 0.717) is 0 Å². The van der Waals surface area contributed by atoms with Gasteiger partial charge in [-0.3, -0.25) is 4.79 Å². The van der Waals surface area contributed by atoms with Crippen LogP contribution in [-0.4, -0.2) is 13.0 Å². The van der Waals surface area contributed by atoms with Crippen molar-refractivity contribution in [3.05, 3.63) is 34.7 Å². The second-order valence-electron chi connectivity index (χ2n) is 2.51. The first-order valence-electron chi connectivity index (χ1n) is 3.75. The Hall–Kier alpha value is -1.71. The minimum atomic E-state index is -0.662. The number of hydrogen-bond donors (Lipinski definition) is 0. The van der Waals surface area contributed by atoms with Gasteiger partial charge in [-0.2, -0.15) is 0 Å². The van der Waals surface area contributed by atoms with Crippen LogP contribution in [0.2, 0.25) is 0 Å². The van der Waals surface area contributed by atoms with Crippen molar-refractivity contribution in [2.45, 2.75) is 6.42 Å². The number of amides is 1. The summed E-state index contributed by atoms with van der Waals surface area (Å²) < 4.78 is 4.93. The van der Waals surface area contributed by atoms with Crippen LogP contribution in [0.5, 0.6) is 5.75 Å². The highest BCUT2D eigenvalue weighted by atomic mass is 16.5. The smallest absolute Gasteiger partial charge is 0.290 e. The van der Waals surface area contributed by atoms with Gasteiger partial charge < -0.3 is 4.74 Å². The SMILES string of the molecule is COc1ccc(CC(=O)N=O)cc1. The van der Waals surface area contributed by atoms with Gasteiger partial charge in [0.15, 0.2) is 0 Å². The summed E-state index contributed by atoms with van der Waals surface area (Å²) in [4.78, 5) is 20.4. The lowest BCUT2D eigenvalue weighted by atomic mass is 10.1. The summed E-state index contributed by atoms with van der Waals surface area (Å²) in [5, 5.41) is 2.31. The van der Waals surface area contributed by atoms with Crippen molar-refractivity contribution in [1.82, 2.24) is 0 Å². The molecule has 1 rings (SSSR count). The normalized spacial score (nSPS) is 9.31. The molecule has 0 atom stereocenters. The van der Waals surface area contributed by atoms with Gasteiger partial charge in [0, 0.05) is 5.18 Å². The molecule has 1 amide bonds. The van der Waals surface area contributed by atoms with Crippen LogP contribution in [-0.2, 0) is 11.2 Å². The van der Waals surface area contributed by atoms with E-state index in [2.05, 4.69) is 5.18 Å². The van der Waals surface area contributed by atoms with Crippen LogP contribution in [0.1, 0.15) is 5.56 Å². The highest BCUT2D eigenvalue weighted by Crippen LogP contribution is 2.11. The first kappa shape index (κ1) is 9.38. The number of hydrogen-bond acceptors (Lipinski definition) is 3. The van der Waals surface area contributed by atoms with Crippen molar-refractivity contribution in [3.8, 4) is 5.75 Å². The third kappa shape index (κ3) is 2.66. The first-order valence-corrected chi connectivity index (χ1v) is 3.75. The molecule has 0 aliphatic carbocycles. The summed E-state index contributed by atoms with van der Waals surface area (Å²) in [6.45, 7) is 0. The molecule has 4 heteroatoms. The summed E-state index contributed by atoms with van der Waals surface area (Å²) in [6.07, 6.45) is 0.0491. The molecule has 1 aromatic carbocycles. The Morgan fingerprint density at radius 1 is 1.38 bits per heavy atom. The summed E-state index contributed by atoms with van der Waals surface area (Å²) in [5.74, 6) is 0.0560. The summed E-state index contributed by atoms with van der Waals surface area (Å²) >= 11 is 0. The Morgan fingerprint density at radius 2 is 2.00 bits per heavy atom. The molecule has 0 fully saturated rings. The molecule has 0 saturated heterocycles. The Labute approximate surface area is 75.5 Å². The summed E-state index contributed by atoms with van der Waals surface area (Å²) in [7, 11) is 1.56. The maximum Gasteiger partial charge on any atom is 0.290 e. The molecule has 0 saturated carbocycles. The second-order valence-corrected chi connectivity index (χ2v) is 2.51. The Bertz CT molecular complexity index is 305. The molecule has 0 spiro atoms. The second kappa shape index (κ2) is 4.35. The van der Waals surface area contributed by atoms with Crippen molar-refractivity contribution < 1.29 is 9.53 Å². The van der Waals surface area contributed by atoms with Crippen molar-refractivity contribution in [3.63, 3.8) is 0 Å². The lowest BCUT2D eigenvalue weighted by molar-refractivity contribution is -0.117. The molecular formula is C9H9NO3. The molecule has 0 aliphatic heterocycles. The van der Waals surface area contributed by atoms with Crippen LogP contribution in [0.25, 0.3) is 0 Å². The Kier molecular flexibility index (Phi) is 3.14. The minimum Gasteiger partial charge on any atom is -0.497 e. The molecule has 0 radical (unpaired) electrons. The van der Waals surface area contributed by atoms with Crippen LogP contribution in [0, 0.1) is 4.91 Å². The quantitative estimate of drug-likeness (QED) is 0.661. The summed E-state index contributed by atoms with van der Waals surface area (Å²) in [6, 6.07) is 6.91. The molecule has 4 nitrogen and oxygen atoms in total. The average Bonchev–Trinajstić information content (AvgIpc) is 2.19. The minimum absolute atomic E-state index is 0.0491. The molecule has 0 heterocycles. The van der Waals surface area contributed by atoms with Gasteiger partial charge in [-0.1, -0.05) is 12.1 Å². The van der Waals surface area contributed by atoms with Crippen LogP contribution >= 0.6 is 0 Å². The molecule has 68 valence electrons. The van der Waals surface area contributed by atoms with Crippen molar-refractivity contribution >= 4 is 5.91 Å². The van der Waals surface area contributed by atoms with E-state index in [1.807, 2.05) is 0 Å². The van der Waals surface area contributed by atoms with Crippen LogP contribution < -0.4 is 4.74 Å². The highest BCUT2D eigenvalue weighted by molar-refractivity contribution is 5.79. The monoisotopic (exact) mass is 179 g/mol. The fourth-order valence-electron chi connectivity index (χ4n) is 0.950. The zero-order chi connectivity index (χ0) is 9.68. The number of benzene rings is 1. The van der Waals surface area contributed by atoms with Gasteiger partial charge in [-0.25, -0.2) is 0 Å². The van der Waals surface area contributed by atoms with E-state index in [1.54, 1.807) is 31.4 Å². The van der Waals surface area contributed by atoms with Crippen LogP contribution in [0.15, 0.2) is 29.4 Å². The molecule has 13 heavy (non-hydrogen) atoms. The number of carbonyl (C=O) groups excluding carboxylic acids is 1. The van der Waals surface area contributed by atoms with Gasteiger partial charge in [-0.15, -0.1) is 4.91 Å².